The van der Waals surface area contributed by atoms with Crippen LogP contribution in [0, 0.1) is 11.8 Å². The van der Waals surface area contributed by atoms with Crippen molar-refractivity contribution in [1.82, 2.24) is 0 Å². The maximum atomic E-state index is 10.8. The zero-order valence-electron chi connectivity index (χ0n) is 6.68. The largest absolute Gasteiger partial charge is 0.281 e. The molecule has 0 unspecified atom stereocenters. The molecule has 0 radical (unpaired) electrons. The van der Waals surface area contributed by atoms with Crippen LogP contribution in [0.5, 0.6) is 0 Å². The summed E-state index contributed by atoms with van der Waals surface area (Å²) >= 11 is 10.7. The van der Waals surface area contributed by atoms with Gasteiger partial charge in [0.15, 0.2) is 0 Å². The molecule has 0 rings (SSSR count). The lowest BCUT2D eigenvalue weighted by atomic mass is 9.94. The Kier molecular flexibility index (Phi) is 5.61. The fourth-order valence-electron chi connectivity index (χ4n) is 0.825. The first kappa shape index (κ1) is 11.0. The molecular weight excluding hydrogens is 183 g/mol. The lowest BCUT2D eigenvalue weighted by molar-refractivity contribution is -0.116. The summed E-state index contributed by atoms with van der Waals surface area (Å²) in [4.78, 5) is 10.8. The van der Waals surface area contributed by atoms with Gasteiger partial charge >= 0.3 is 0 Å². The van der Waals surface area contributed by atoms with Crippen LogP contribution in [0.2, 0.25) is 0 Å². The molecule has 0 aromatic heterocycles. The average molecular weight is 195 g/mol. The van der Waals surface area contributed by atoms with E-state index in [9.17, 15) is 4.79 Å². The molecule has 3 heteroatoms. The quantitative estimate of drug-likeness (QED) is 0.629. The van der Waals surface area contributed by atoms with Gasteiger partial charge in [-0.1, -0.05) is 31.5 Å². The highest BCUT2D eigenvalue weighted by Gasteiger charge is 2.18. The van der Waals surface area contributed by atoms with E-state index < -0.39 is 0 Å². The Labute approximate surface area is 77.4 Å². The molecule has 0 aromatic rings. The lowest BCUT2D eigenvalue weighted by Crippen LogP contribution is -2.14. The first-order chi connectivity index (χ1) is 5.09. The summed E-state index contributed by atoms with van der Waals surface area (Å²) in [5, 5.41) is -0.283. The maximum absolute atomic E-state index is 10.8. The van der Waals surface area contributed by atoms with Gasteiger partial charge in [0, 0.05) is 11.5 Å². The van der Waals surface area contributed by atoms with Crippen LogP contribution in [0.1, 0.15) is 20.3 Å². The van der Waals surface area contributed by atoms with E-state index in [4.69, 9.17) is 23.2 Å². The Morgan fingerprint density at radius 2 is 2.09 bits per heavy atom. The monoisotopic (exact) mass is 194 g/mol. The molecule has 1 nitrogen and oxygen atoms in total. The van der Waals surface area contributed by atoms with Crippen LogP contribution < -0.4 is 0 Å². The third-order valence-electron chi connectivity index (χ3n) is 1.58. The predicted octanol–water partition coefficient (Wildman–Crippen LogP) is 3.17. The van der Waals surface area contributed by atoms with Crippen LogP contribution in [-0.4, -0.2) is 5.24 Å². The van der Waals surface area contributed by atoms with Crippen LogP contribution in [0.25, 0.3) is 0 Å². The third-order valence-corrected chi connectivity index (χ3v) is 2.03. The Morgan fingerprint density at radius 1 is 1.55 bits per heavy atom. The summed E-state index contributed by atoms with van der Waals surface area (Å²) in [6.45, 7) is 3.93. The van der Waals surface area contributed by atoms with Crippen LogP contribution in [0.4, 0.5) is 0 Å². The number of hydrogen-bond acceptors (Lipinski definition) is 1. The number of hydrogen-bond donors (Lipinski definition) is 0. The number of allylic oxidation sites excluding steroid dienone is 1. The van der Waals surface area contributed by atoms with Crippen molar-refractivity contribution < 1.29 is 4.79 Å². The summed E-state index contributed by atoms with van der Waals surface area (Å²) in [6, 6.07) is 0. The van der Waals surface area contributed by atoms with E-state index in [-0.39, 0.29) is 17.1 Å². The van der Waals surface area contributed by atoms with Gasteiger partial charge in [0.25, 0.3) is 0 Å². The van der Waals surface area contributed by atoms with Gasteiger partial charge in [-0.05, 0) is 23.9 Å². The van der Waals surface area contributed by atoms with Crippen molar-refractivity contribution in [2.24, 2.45) is 11.8 Å². The van der Waals surface area contributed by atoms with E-state index in [0.717, 1.165) is 0 Å². The van der Waals surface area contributed by atoms with Gasteiger partial charge < -0.3 is 0 Å². The number of halogens is 2. The molecule has 0 saturated carbocycles. The zero-order chi connectivity index (χ0) is 8.85. The SMILES string of the molecule is CC(C)[C@@H](C/C=C/Cl)C(=O)Cl. The van der Waals surface area contributed by atoms with Crippen molar-refractivity contribution in [3.8, 4) is 0 Å². The number of rotatable bonds is 4. The summed E-state index contributed by atoms with van der Waals surface area (Å²) in [5.41, 5.74) is 1.41. The molecule has 0 aliphatic carbocycles. The van der Waals surface area contributed by atoms with E-state index in [1.165, 1.54) is 5.54 Å². The Bertz CT molecular complexity index is 152. The maximum Gasteiger partial charge on any atom is 0.225 e. The standard InChI is InChI=1S/C8H12Cl2O/c1-6(2)7(8(10)11)4-3-5-9/h3,5-7H,4H2,1-2H3/b5-3+/t7-/m1/s1. The van der Waals surface area contributed by atoms with Gasteiger partial charge in [0.2, 0.25) is 5.24 Å². The van der Waals surface area contributed by atoms with E-state index in [1.54, 1.807) is 6.08 Å². The van der Waals surface area contributed by atoms with Gasteiger partial charge in [0.05, 0.1) is 0 Å². The van der Waals surface area contributed by atoms with E-state index in [0.29, 0.717) is 6.42 Å². The minimum absolute atomic E-state index is 0.105. The van der Waals surface area contributed by atoms with Crippen molar-refractivity contribution in [2.45, 2.75) is 20.3 Å². The Morgan fingerprint density at radius 3 is 2.36 bits per heavy atom. The minimum Gasteiger partial charge on any atom is -0.281 e. The highest BCUT2D eigenvalue weighted by Crippen LogP contribution is 2.18. The molecule has 0 saturated heterocycles. The molecule has 0 bridgehead atoms. The molecule has 0 fully saturated rings. The Balaban J connectivity index is 4.00. The molecule has 0 amide bonds. The van der Waals surface area contributed by atoms with Crippen molar-refractivity contribution in [3.05, 3.63) is 11.6 Å². The van der Waals surface area contributed by atoms with Crippen LogP contribution >= 0.6 is 23.2 Å². The van der Waals surface area contributed by atoms with Gasteiger partial charge in [-0.15, -0.1) is 0 Å². The van der Waals surface area contributed by atoms with E-state index >= 15 is 0 Å². The van der Waals surface area contributed by atoms with Crippen molar-refractivity contribution in [1.29, 1.82) is 0 Å². The summed E-state index contributed by atoms with van der Waals surface area (Å²) in [5.74, 6) is 0.166. The summed E-state index contributed by atoms with van der Waals surface area (Å²) < 4.78 is 0. The molecule has 0 aliphatic heterocycles. The first-order valence-electron chi connectivity index (χ1n) is 3.54. The van der Waals surface area contributed by atoms with Crippen molar-refractivity contribution >= 4 is 28.4 Å². The normalized spacial score (nSPS) is 14.3. The molecule has 0 aliphatic rings. The molecule has 64 valence electrons. The molecule has 0 spiro atoms. The van der Waals surface area contributed by atoms with Crippen LogP contribution in [0.3, 0.4) is 0 Å². The second-order valence-electron chi connectivity index (χ2n) is 2.75. The van der Waals surface area contributed by atoms with Crippen LogP contribution in [0.15, 0.2) is 11.6 Å². The molecule has 0 heterocycles. The second kappa shape index (κ2) is 5.62. The van der Waals surface area contributed by atoms with Gasteiger partial charge in [-0.3, -0.25) is 4.79 Å². The lowest BCUT2D eigenvalue weighted by Gasteiger charge is -2.13. The molecular formula is C8H12Cl2O. The fraction of sp³-hybridized carbons (Fsp3) is 0.625. The van der Waals surface area contributed by atoms with Crippen LogP contribution in [-0.2, 0) is 4.79 Å². The number of carbonyl (C=O) groups excluding carboxylic acids is 1. The van der Waals surface area contributed by atoms with E-state index in [1.807, 2.05) is 13.8 Å². The number of carbonyl (C=O) groups is 1. The van der Waals surface area contributed by atoms with Crippen molar-refractivity contribution in [2.75, 3.05) is 0 Å². The molecule has 0 N–H and O–H groups in total. The smallest absolute Gasteiger partial charge is 0.225 e. The topological polar surface area (TPSA) is 17.1 Å². The third kappa shape index (κ3) is 4.44. The Hall–Kier alpha value is -0.0100. The van der Waals surface area contributed by atoms with E-state index in [2.05, 4.69) is 0 Å². The van der Waals surface area contributed by atoms with Crippen molar-refractivity contribution in [3.63, 3.8) is 0 Å². The summed E-state index contributed by atoms with van der Waals surface area (Å²) in [6.07, 6.45) is 2.37. The zero-order valence-corrected chi connectivity index (χ0v) is 8.19. The fourth-order valence-corrected chi connectivity index (χ4v) is 1.27. The highest BCUT2D eigenvalue weighted by atomic mass is 35.5. The average Bonchev–Trinajstić information content (AvgIpc) is 1.87. The van der Waals surface area contributed by atoms with Gasteiger partial charge in [-0.2, -0.15) is 0 Å². The summed E-state index contributed by atoms with van der Waals surface area (Å²) in [7, 11) is 0. The minimum atomic E-state index is -0.283. The first-order valence-corrected chi connectivity index (χ1v) is 4.35. The molecule has 11 heavy (non-hydrogen) atoms. The molecule has 1 atom stereocenters. The molecule has 0 aromatic carbocycles. The highest BCUT2D eigenvalue weighted by molar-refractivity contribution is 6.64. The predicted molar refractivity (Wildman–Crippen MR) is 48.8 cm³/mol. The van der Waals surface area contributed by atoms with Gasteiger partial charge in [-0.25, -0.2) is 0 Å². The second-order valence-corrected chi connectivity index (χ2v) is 3.38. The van der Waals surface area contributed by atoms with Gasteiger partial charge in [0.1, 0.15) is 0 Å².